The third-order valence-corrected chi connectivity index (χ3v) is 8.21. The van der Waals surface area contributed by atoms with Crippen LogP contribution in [0.15, 0.2) is 22.4 Å². The maximum atomic E-state index is 12.9. The SMILES string of the molecule is COC(=O)C12CN=NC1(C(=O)OC)C1C3C4C=CC5C4C1C2C53. The number of hydrogen-bond donors (Lipinski definition) is 0. The standard InChI is InChI=1S/C17H18N2O4/c1-22-14(20)16-5-18-19-17(16,15(21)23-2)13-10-7-4-3-6-8(7)11(13)12(16)9(6)10/h3-4,6-13H,5H2,1-2H3. The van der Waals surface area contributed by atoms with Gasteiger partial charge in [0.15, 0.2) is 5.54 Å². The lowest BCUT2D eigenvalue weighted by Crippen LogP contribution is -2.64. The highest BCUT2D eigenvalue weighted by Crippen LogP contribution is 2.87. The number of methoxy groups -OCH3 is 2. The van der Waals surface area contributed by atoms with Crippen LogP contribution in [0.4, 0.5) is 0 Å². The minimum Gasteiger partial charge on any atom is -0.468 e. The van der Waals surface area contributed by atoms with Crippen molar-refractivity contribution in [2.24, 2.45) is 63.0 Å². The first-order valence-electron chi connectivity index (χ1n) is 8.39. The molecule has 7 rings (SSSR count). The molecule has 5 fully saturated rings. The normalized spacial score (nSPS) is 60.8. The fourth-order valence-electron chi connectivity index (χ4n) is 8.20. The lowest BCUT2D eigenvalue weighted by molar-refractivity contribution is -0.175. The molecule has 0 radical (unpaired) electrons. The Kier molecular flexibility index (Phi) is 1.86. The van der Waals surface area contributed by atoms with Crippen molar-refractivity contribution in [3.63, 3.8) is 0 Å². The zero-order valence-corrected chi connectivity index (χ0v) is 13.0. The molecule has 1 aliphatic heterocycles. The molecule has 0 spiro atoms. The van der Waals surface area contributed by atoms with E-state index in [0.717, 1.165) is 0 Å². The van der Waals surface area contributed by atoms with E-state index in [1.54, 1.807) is 0 Å². The van der Waals surface area contributed by atoms with Crippen LogP contribution in [0.3, 0.4) is 0 Å². The summed E-state index contributed by atoms with van der Waals surface area (Å²) in [6.07, 6.45) is 4.68. The van der Waals surface area contributed by atoms with Gasteiger partial charge in [-0.05, 0) is 41.4 Å². The summed E-state index contributed by atoms with van der Waals surface area (Å²) in [6.45, 7) is 0.267. The fraction of sp³-hybridized carbons (Fsp3) is 0.765. The summed E-state index contributed by atoms with van der Waals surface area (Å²) in [6, 6.07) is 0. The van der Waals surface area contributed by atoms with Crippen LogP contribution in [-0.4, -0.2) is 38.2 Å². The molecule has 10 unspecified atom stereocenters. The zero-order valence-electron chi connectivity index (χ0n) is 13.0. The lowest BCUT2D eigenvalue weighted by atomic mass is 9.54. The number of allylic oxidation sites excluding steroid dienone is 2. The summed E-state index contributed by atoms with van der Waals surface area (Å²) in [4.78, 5) is 25.8. The smallest absolute Gasteiger partial charge is 0.337 e. The third-order valence-electron chi connectivity index (χ3n) is 8.21. The second-order valence-electron chi connectivity index (χ2n) is 8.02. The largest absolute Gasteiger partial charge is 0.468 e. The summed E-state index contributed by atoms with van der Waals surface area (Å²) in [5.74, 6) is 2.59. The Morgan fingerprint density at radius 2 is 1.61 bits per heavy atom. The first-order valence-corrected chi connectivity index (χ1v) is 8.39. The van der Waals surface area contributed by atoms with Gasteiger partial charge < -0.3 is 9.47 Å². The molecule has 6 heteroatoms. The average molecular weight is 314 g/mol. The molecule has 0 aromatic heterocycles. The monoisotopic (exact) mass is 314 g/mol. The molecule has 1 heterocycles. The van der Waals surface area contributed by atoms with Crippen molar-refractivity contribution in [3.8, 4) is 0 Å². The zero-order chi connectivity index (χ0) is 15.7. The van der Waals surface area contributed by atoms with Gasteiger partial charge in [-0.2, -0.15) is 10.2 Å². The van der Waals surface area contributed by atoms with Crippen LogP contribution in [0.25, 0.3) is 0 Å². The van der Waals surface area contributed by atoms with Crippen molar-refractivity contribution in [1.82, 2.24) is 0 Å². The minimum atomic E-state index is -1.14. The van der Waals surface area contributed by atoms with Crippen LogP contribution in [0.1, 0.15) is 0 Å². The van der Waals surface area contributed by atoms with E-state index in [4.69, 9.17) is 9.47 Å². The Labute approximate surface area is 133 Å². The molecular weight excluding hydrogens is 296 g/mol. The molecule has 0 N–H and O–H groups in total. The van der Waals surface area contributed by atoms with E-state index < -0.39 is 16.9 Å². The van der Waals surface area contributed by atoms with E-state index >= 15 is 0 Å². The second-order valence-corrected chi connectivity index (χ2v) is 8.02. The van der Waals surface area contributed by atoms with Crippen LogP contribution in [0.2, 0.25) is 0 Å². The van der Waals surface area contributed by atoms with Crippen LogP contribution in [0.5, 0.6) is 0 Å². The Morgan fingerprint density at radius 3 is 2.26 bits per heavy atom. The predicted octanol–water partition coefficient (Wildman–Crippen LogP) is 1.08. The Balaban J connectivity index is 1.62. The number of azo groups is 1. The van der Waals surface area contributed by atoms with Crippen molar-refractivity contribution in [2.75, 3.05) is 20.8 Å². The molecule has 120 valence electrons. The van der Waals surface area contributed by atoms with E-state index in [1.165, 1.54) is 14.2 Å². The summed E-state index contributed by atoms with van der Waals surface area (Å²) in [5, 5.41) is 8.64. The van der Waals surface area contributed by atoms with Crippen LogP contribution < -0.4 is 0 Å². The van der Waals surface area contributed by atoms with Crippen molar-refractivity contribution >= 4 is 11.9 Å². The average Bonchev–Trinajstić information content (AvgIpc) is 3.35. The van der Waals surface area contributed by atoms with E-state index in [0.29, 0.717) is 35.5 Å². The molecule has 0 amide bonds. The summed E-state index contributed by atoms with van der Waals surface area (Å²) in [7, 11) is 2.78. The lowest BCUT2D eigenvalue weighted by Gasteiger charge is -2.48. The van der Waals surface area contributed by atoms with Gasteiger partial charge in [-0.25, -0.2) is 4.79 Å². The van der Waals surface area contributed by atoms with E-state index in [9.17, 15) is 9.59 Å². The molecule has 5 saturated carbocycles. The van der Waals surface area contributed by atoms with Crippen LogP contribution in [-0.2, 0) is 19.1 Å². The summed E-state index contributed by atoms with van der Waals surface area (Å²) >= 11 is 0. The molecule has 6 nitrogen and oxygen atoms in total. The highest BCUT2D eigenvalue weighted by atomic mass is 16.5. The third kappa shape index (κ3) is 0.870. The highest BCUT2D eigenvalue weighted by molar-refractivity contribution is 5.95. The Bertz CT molecular complexity index is 732. The molecular formula is C17H18N2O4. The molecule has 7 aliphatic rings. The number of rotatable bonds is 2. The maximum Gasteiger partial charge on any atom is 0.337 e. The highest BCUT2D eigenvalue weighted by Gasteiger charge is 2.93. The van der Waals surface area contributed by atoms with E-state index in [-0.39, 0.29) is 24.3 Å². The second kappa shape index (κ2) is 3.37. The van der Waals surface area contributed by atoms with Gasteiger partial charge in [-0.15, -0.1) is 0 Å². The molecule has 0 aromatic rings. The number of carbonyl (C=O) groups excluding carboxylic acids is 2. The van der Waals surface area contributed by atoms with Crippen molar-refractivity contribution in [1.29, 1.82) is 0 Å². The van der Waals surface area contributed by atoms with E-state index in [1.807, 2.05) is 0 Å². The fourth-order valence-corrected chi connectivity index (χ4v) is 8.20. The van der Waals surface area contributed by atoms with Crippen molar-refractivity contribution in [3.05, 3.63) is 12.2 Å². The summed E-state index contributed by atoms with van der Waals surface area (Å²) in [5.41, 5.74) is -2.08. The van der Waals surface area contributed by atoms with Gasteiger partial charge in [-0.1, -0.05) is 12.2 Å². The maximum absolute atomic E-state index is 12.9. The number of ether oxygens (including phenoxy) is 2. The van der Waals surface area contributed by atoms with Gasteiger partial charge in [0.05, 0.1) is 20.8 Å². The van der Waals surface area contributed by atoms with Crippen LogP contribution in [0, 0.1) is 52.8 Å². The molecule has 8 bridgehead atoms. The quantitative estimate of drug-likeness (QED) is 0.564. The first kappa shape index (κ1) is 12.7. The molecule has 6 aliphatic carbocycles. The molecule has 0 saturated heterocycles. The summed E-state index contributed by atoms with van der Waals surface area (Å²) < 4.78 is 10.3. The number of esters is 2. The Morgan fingerprint density at radius 1 is 0.957 bits per heavy atom. The van der Waals surface area contributed by atoms with Gasteiger partial charge >= 0.3 is 11.9 Å². The number of hydrogen-bond acceptors (Lipinski definition) is 6. The topological polar surface area (TPSA) is 77.3 Å². The number of carbonyl (C=O) groups is 2. The van der Waals surface area contributed by atoms with Gasteiger partial charge in [0.2, 0.25) is 0 Å². The molecule has 0 aromatic carbocycles. The van der Waals surface area contributed by atoms with Gasteiger partial charge in [-0.3, -0.25) is 4.79 Å². The van der Waals surface area contributed by atoms with Gasteiger partial charge in [0.25, 0.3) is 0 Å². The minimum absolute atomic E-state index is 0.0894. The Hall–Kier alpha value is -1.72. The number of nitrogens with zero attached hydrogens (tertiary/aromatic N) is 2. The molecule has 10 atom stereocenters. The van der Waals surface area contributed by atoms with Crippen LogP contribution >= 0.6 is 0 Å². The van der Waals surface area contributed by atoms with Gasteiger partial charge in [0.1, 0.15) is 5.41 Å². The van der Waals surface area contributed by atoms with Gasteiger partial charge in [0, 0.05) is 5.92 Å². The first-order chi connectivity index (χ1) is 11.1. The van der Waals surface area contributed by atoms with Crippen molar-refractivity contribution < 1.29 is 19.1 Å². The number of fused-ring (bicyclic) bond motifs is 1. The van der Waals surface area contributed by atoms with Crippen molar-refractivity contribution in [2.45, 2.75) is 5.54 Å². The predicted molar refractivity (Wildman–Crippen MR) is 76.0 cm³/mol. The molecule has 23 heavy (non-hydrogen) atoms. The van der Waals surface area contributed by atoms with E-state index in [2.05, 4.69) is 22.4 Å².